The lowest BCUT2D eigenvalue weighted by molar-refractivity contribution is -0.121. The number of carbonyl (C=O) groups is 1. The Morgan fingerprint density at radius 2 is 1.97 bits per heavy atom. The Bertz CT molecular complexity index is 845. The van der Waals surface area contributed by atoms with E-state index in [0.717, 1.165) is 30.8 Å². The van der Waals surface area contributed by atoms with Gasteiger partial charge in [-0.1, -0.05) is 12.1 Å². The van der Waals surface area contributed by atoms with Crippen molar-refractivity contribution in [2.75, 3.05) is 26.9 Å². The fraction of sp³-hybridized carbons (Fsp3) is 0.458. The first-order chi connectivity index (χ1) is 14.5. The highest BCUT2D eigenvalue weighted by Gasteiger charge is 2.17. The number of ether oxygens (including phenoxy) is 4. The van der Waals surface area contributed by atoms with Crippen LogP contribution in [0.15, 0.2) is 36.4 Å². The molecule has 30 heavy (non-hydrogen) atoms. The second kappa shape index (κ2) is 10.9. The van der Waals surface area contributed by atoms with Gasteiger partial charge >= 0.3 is 0 Å². The van der Waals surface area contributed by atoms with E-state index in [-0.39, 0.29) is 12.0 Å². The number of nitrogens with one attached hydrogen (secondary N) is 1. The molecule has 1 fully saturated rings. The molecule has 0 aromatic heterocycles. The summed E-state index contributed by atoms with van der Waals surface area (Å²) in [5.74, 6) is 2.06. The van der Waals surface area contributed by atoms with Gasteiger partial charge in [0.15, 0.2) is 11.5 Å². The summed E-state index contributed by atoms with van der Waals surface area (Å²) in [4.78, 5) is 12.1. The second-order valence-electron chi connectivity index (χ2n) is 7.55. The zero-order valence-electron chi connectivity index (χ0n) is 18.0. The lowest BCUT2D eigenvalue weighted by Crippen LogP contribution is -2.24. The van der Waals surface area contributed by atoms with Crippen LogP contribution < -0.4 is 19.5 Å². The number of carbonyl (C=O) groups excluding carboxylic acids is 1. The van der Waals surface area contributed by atoms with Crippen LogP contribution in [0.1, 0.15) is 36.0 Å². The van der Waals surface area contributed by atoms with Gasteiger partial charge in [0.2, 0.25) is 5.91 Å². The Kier molecular flexibility index (Phi) is 7.97. The predicted octanol–water partition coefficient (Wildman–Crippen LogP) is 3.96. The van der Waals surface area contributed by atoms with Crippen LogP contribution in [-0.4, -0.2) is 38.9 Å². The van der Waals surface area contributed by atoms with E-state index in [1.807, 2.05) is 43.3 Å². The van der Waals surface area contributed by atoms with Crippen LogP contribution in [0.2, 0.25) is 0 Å². The third-order valence-corrected chi connectivity index (χ3v) is 5.24. The van der Waals surface area contributed by atoms with Crippen molar-refractivity contribution in [1.29, 1.82) is 0 Å². The summed E-state index contributed by atoms with van der Waals surface area (Å²) in [6.07, 6.45) is 2.56. The summed E-state index contributed by atoms with van der Waals surface area (Å²) < 4.78 is 22.6. The Morgan fingerprint density at radius 3 is 2.70 bits per heavy atom. The van der Waals surface area contributed by atoms with Gasteiger partial charge in [0.05, 0.1) is 26.2 Å². The van der Waals surface area contributed by atoms with Crippen LogP contribution in [0.3, 0.4) is 0 Å². The summed E-state index contributed by atoms with van der Waals surface area (Å²) >= 11 is 0. The van der Waals surface area contributed by atoms with Gasteiger partial charge in [-0.15, -0.1) is 0 Å². The standard InChI is InChI=1S/C24H31NO5/c1-17-6-8-20(13-18(17)2)29-12-10-24(26)25-15-19-7-9-22(23(14-19)27-3)30-16-21-5-4-11-28-21/h6-9,13-14,21H,4-5,10-12,15-16H2,1-3H3,(H,25,26). The average Bonchev–Trinajstić information content (AvgIpc) is 3.27. The minimum atomic E-state index is -0.0588. The lowest BCUT2D eigenvalue weighted by atomic mass is 10.1. The number of methoxy groups -OCH3 is 1. The topological polar surface area (TPSA) is 66.0 Å². The van der Waals surface area contributed by atoms with E-state index in [4.69, 9.17) is 18.9 Å². The minimum Gasteiger partial charge on any atom is -0.493 e. The summed E-state index contributed by atoms with van der Waals surface area (Å²) in [5, 5.41) is 2.92. The molecular formula is C24H31NO5. The van der Waals surface area contributed by atoms with E-state index in [1.165, 1.54) is 11.1 Å². The van der Waals surface area contributed by atoms with Crippen molar-refractivity contribution in [3.63, 3.8) is 0 Å². The van der Waals surface area contributed by atoms with E-state index in [1.54, 1.807) is 7.11 Å². The van der Waals surface area contributed by atoms with Gasteiger partial charge in [0.25, 0.3) is 0 Å². The average molecular weight is 414 g/mol. The SMILES string of the molecule is COc1cc(CNC(=O)CCOc2ccc(C)c(C)c2)ccc1OCC1CCCO1. The zero-order chi connectivity index (χ0) is 21.3. The van der Waals surface area contributed by atoms with Crippen LogP contribution >= 0.6 is 0 Å². The molecule has 6 nitrogen and oxygen atoms in total. The number of aryl methyl sites for hydroxylation is 2. The zero-order valence-corrected chi connectivity index (χ0v) is 18.0. The van der Waals surface area contributed by atoms with Crippen LogP contribution in [0.5, 0.6) is 17.2 Å². The van der Waals surface area contributed by atoms with Crippen LogP contribution in [0.4, 0.5) is 0 Å². The highest BCUT2D eigenvalue weighted by molar-refractivity contribution is 5.76. The van der Waals surface area contributed by atoms with Gasteiger partial charge in [-0.3, -0.25) is 4.79 Å². The Labute approximate surface area is 178 Å². The van der Waals surface area contributed by atoms with Crippen molar-refractivity contribution >= 4 is 5.91 Å². The van der Waals surface area contributed by atoms with Crippen LogP contribution in [-0.2, 0) is 16.1 Å². The third kappa shape index (κ3) is 6.39. The normalized spacial score (nSPS) is 15.6. The fourth-order valence-corrected chi connectivity index (χ4v) is 3.25. The lowest BCUT2D eigenvalue weighted by Gasteiger charge is -2.15. The Morgan fingerprint density at radius 1 is 1.10 bits per heavy atom. The fourth-order valence-electron chi connectivity index (χ4n) is 3.25. The van der Waals surface area contributed by atoms with Crippen molar-refractivity contribution < 1.29 is 23.7 Å². The molecule has 0 aliphatic carbocycles. The minimum absolute atomic E-state index is 0.0588. The molecule has 6 heteroatoms. The maximum Gasteiger partial charge on any atom is 0.223 e. The summed E-state index contributed by atoms with van der Waals surface area (Å²) in [6, 6.07) is 11.6. The number of hydrogen-bond acceptors (Lipinski definition) is 5. The van der Waals surface area contributed by atoms with Crippen LogP contribution in [0, 0.1) is 13.8 Å². The highest BCUT2D eigenvalue weighted by Crippen LogP contribution is 2.29. The molecule has 1 aliphatic rings. The molecule has 1 amide bonds. The van der Waals surface area contributed by atoms with Crippen molar-refractivity contribution in [3.05, 3.63) is 53.1 Å². The highest BCUT2D eigenvalue weighted by atomic mass is 16.5. The van der Waals surface area contributed by atoms with E-state index in [2.05, 4.69) is 12.2 Å². The smallest absolute Gasteiger partial charge is 0.223 e. The first-order valence-electron chi connectivity index (χ1n) is 10.4. The van der Waals surface area contributed by atoms with Gasteiger partial charge < -0.3 is 24.3 Å². The van der Waals surface area contributed by atoms with Crippen molar-refractivity contribution in [1.82, 2.24) is 5.32 Å². The van der Waals surface area contributed by atoms with Gasteiger partial charge in [-0.05, 0) is 67.6 Å². The molecule has 1 heterocycles. The van der Waals surface area contributed by atoms with Crippen molar-refractivity contribution in [2.24, 2.45) is 0 Å². The maximum atomic E-state index is 12.1. The Hall–Kier alpha value is -2.73. The van der Waals surface area contributed by atoms with E-state index < -0.39 is 0 Å². The summed E-state index contributed by atoms with van der Waals surface area (Å²) in [6.45, 7) is 6.19. The van der Waals surface area contributed by atoms with E-state index in [0.29, 0.717) is 37.7 Å². The van der Waals surface area contributed by atoms with Gasteiger partial charge in [0.1, 0.15) is 12.4 Å². The molecule has 1 unspecified atom stereocenters. The molecular weight excluding hydrogens is 382 g/mol. The number of rotatable bonds is 10. The molecule has 162 valence electrons. The second-order valence-corrected chi connectivity index (χ2v) is 7.55. The van der Waals surface area contributed by atoms with Gasteiger partial charge in [-0.25, -0.2) is 0 Å². The first kappa shape index (κ1) is 22.0. The molecule has 0 spiro atoms. The molecule has 2 aromatic rings. The molecule has 1 atom stereocenters. The number of hydrogen-bond donors (Lipinski definition) is 1. The largest absolute Gasteiger partial charge is 0.493 e. The quantitative estimate of drug-likeness (QED) is 0.639. The summed E-state index contributed by atoms with van der Waals surface area (Å²) in [7, 11) is 1.61. The maximum absolute atomic E-state index is 12.1. The summed E-state index contributed by atoms with van der Waals surface area (Å²) in [5.41, 5.74) is 3.34. The number of benzene rings is 2. The third-order valence-electron chi connectivity index (χ3n) is 5.24. The van der Waals surface area contributed by atoms with Crippen molar-refractivity contribution in [2.45, 2.75) is 45.8 Å². The number of amides is 1. The molecule has 1 saturated heterocycles. The van der Waals surface area contributed by atoms with Crippen LogP contribution in [0.25, 0.3) is 0 Å². The first-order valence-corrected chi connectivity index (χ1v) is 10.4. The molecule has 0 bridgehead atoms. The Balaban J connectivity index is 1.42. The van der Waals surface area contributed by atoms with E-state index >= 15 is 0 Å². The van der Waals surface area contributed by atoms with Gasteiger partial charge in [0, 0.05) is 13.2 Å². The molecule has 1 N–H and O–H groups in total. The molecule has 0 radical (unpaired) electrons. The predicted molar refractivity (Wildman–Crippen MR) is 115 cm³/mol. The monoisotopic (exact) mass is 413 g/mol. The van der Waals surface area contributed by atoms with Gasteiger partial charge in [-0.2, -0.15) is 0 Å². The molecule has 0 saturated carbocycles. The van der Waals surface area contributed by atoms with Crippen molar-refractivity contribution in [3.8, 4) is 17.2 Å². The molecule has 3 rings (SSSR count). The molecule has 1 aliphatic heterocycles. The van der Waals surface area contributed by atoms with E-state index in [9.17, 15) is 4.79 Å². The molecule has 2 aromatic carbocycles.